The number of rotatable bonds is 5. The van der Waals surface area contributed by atoms with Gasteiger partial charge >= 0.3 is 5.97 Å². The maximum atomic E-state index is 11.6. The predicted molar refractivity (Wildman–Crippen MR) is 79.7 cm³/mol. The van der Waals surface area contributed by atoms with Gasteiger partial charge in [-0.2, -0.15) is 0 Å². The molecule has 0 aliphatic heterocycles. The Bertz CT molecular complexity index is 681. The number of esters is 1. The van der Waals surface area contributed by atoms with Crippen molar-refractivity contribution in [1.29, 1.82) is 0 Å². The van der Waals surface area contributed by atoms with Crippen LogP contribution < -0.4 is 10.1 Å². The average Bonchev–Trinajstić information content (AvgIpc) is 2.90. The monoisotopic (exact) mass is 306 g/mol. The maximum Gasteiger partial charge on any atom is 0.358 e. The van der Waals surface area contributed by atoms with Gasteiger partial charge in [-0.15, -0.1) is 0 Å². The second-order valence-electron chi connectivity index (χ2n) is 4.10. The van der Waals surface area contributed by atoms with E-state index in [0.29, 0.717) is 10.9 Å². The van der Waals surface area contributed by atoms with Gasteiger partial charge in [-0.3, -0.25) is 4.79 Å². The van der Waals surface area contributed by atoms with Gasteiger partial charge in [0.15, 0.2) is 16.6 Å². The molecule has 0 fully saturated rings. The Morgan fingerprint density at radius 3 is 2.67 bits per heavy atom. The van der Waals surface area contributed by atoms with Crippen molar-refractivity contribution in [3.8, 4) is 5.75 Å². The lowest BCUT2D eigenvalue weighted by Crippen LogP contribution is -2.07. The third-order valence-electron chi connectivity index (χ3n) is 2.65. The van der Waals surface area contributed by atoms with E-state index in [-0.39, 0.29) is 16.4 Å². The third-order valence-corrected chi connectivity index (χ3v) is 3.72. The highest BCUT2D eigenvalue weighted by Gasteiger charge is 2.21. The van der Waals surface area contributed by atoms with Crippen LogP contribution in [-0.4, -0.2) is 31.0 Å². The largest absolute Gasteiger partial charge is 0.497 e. The Balaban J connectivity index is 2.32. The number of nitrogens with one attached hydrogen (secondary N) is 1. The SMILES string of the molecule is COC(=O)c1nc(Nc2cccc(OC)c2)sc1C(C)=O. The summed E-state index contributed by atoms with van der Waals surface area (Å²) in [5.41, 5.74) is 0.773. The Hall–Kier alpha value is -2.41. The van der Waals surface area contributed by atoms with Gasteiger partial charge in [0.25, 0.3) is 0 Å². The smallest absolute Gasteiger partial charge is 0.358 e. The van der Waals surface area contributed by atoms with Crippen LogP contribution in [0, 0.1) is 0 Å². The highest BCUT2D eigenvalue weighted by atomic mass is 32.1. The van der Waals surface area contributed by atoms with Crippen molar-refractivity contribution in [2.45, 2.75) is 6.92 Å². The highest BCUT2D eigenvalue weighted by Crippen LogP contribution is 2.28. The van der Waals surface area contributed by atoms with Gasteiger partial charge in [-0.25, -0.2) is 9.78 Å². The summed E-state index contributed by atoms with van der Waals surface area (Å²) in [5, 5.41) is 3.48. The Morgan fingerprint density at radius 2 is 2.05 bits per heavy atom. The summed E-state index contributed by atoms with van der Waals surface area (Å²) < 4.78 is 9.76. The minimum atomic E-state index is -0.629. The fraction of sp³-hybridized carbons (Fsp3) is 0.214. The minimum absolute atomic E-state index is 0.0281. The number of ketones is 1. The van der Waals surface area contributed by atoms with Crippen LogP contribution in [-0.2, 0) is 4.74 Å². The first-order valence-corrected chi connectivity index (χ1v) is 6.88. The summed E-state index contributed by atoms with van der Waals surface area (Å²) in [6, 6.07) is 7.25. The number of Topliss-reactive ketones (excluding diaryl/α,β-unsaturated/α-hetero) is 1. The van der Waals surface area contributed by atoms with Gasteiger partial charge in [0.2, 0.25) is 0 Å². The lowest BCUT2D eigenvalue weighted by atomic mass is 10.3. The standard InChI is InChI=1S/C14H14N2O4S/c1-8(17)12-11(13(18)20-3)16-14(21-12)15-9-5-4-6-10(7-9)19-2/h4-7H,1-3H3,(H,15,16). The van der Waals surface area contributed by atoms with Crippen molar-refractivity contribution in [1.82, 2.24) is 4.98 Å². The Labute approximate surface area is 125 Å². The number of hydrogen-bond donors (Lipinski definition) is 1. The molecule has 110 valence electrons. The van der Waals surface area contributed by atoms with Gasteiger partial charge < -0.3 is 14.8 Å². The van der Waals surface area contributed by atoms with Crippen LogP contribution in [0.25, 0.3) is 0 Å². The van der Waals surface area contributed by atoms with Crippen molar-refractivity contribution in [3.05, 3.63) is 34.8 Å². The quantitative estimate of drug-likeness (QED) is 0.676. The molecule has 1 aromatic carbocycles. The van der Waals surface area contributed by atoms with E-state index in [1.165, 1.54) is 14.0 Å². The Morgan fingerprint density at radius 1 is 1.29 bits per heavy atom. The van der Waals surface area contributed by atoms with Gasteiger partial charge in [-0.1, -0.05) is 17.4 Å². The molecule has 0 radical (unpaired) electrons. The molecule has 2 rings (SSSR count). The number of aromatic nitrogens is 1. The zero-order valence-electron chi connectivity index (χ0n) is 11.8. The molecule has 7 heteroatoms. The molecule has 0 amide bonds. The molecule has 0 spiro atoms. The molecule has 0 aliphatic carbocycles. The number of carbonyl (C=O) groups excluding carboxylic acids is 2. The number of nitrogens with zero attached hydrogens (tertiary/aromatic N) is 1. The second-order valence-corrected chi connectivity index (χ2v) is 5.10. The lowest BCUT2D eigenvalue weighted by Gasteiger charge is -2.04. The van der Waals surface area contributed by atoms with Crippen LogP contribution in [0.5, 0.6) is 5.75 Å². The molecule has 0 saturated heterocycles. The molecule has 0 atom stereocenters. The first-order chi connectivity index (χ1) is 10.0. The summed E-state index contributed by atoms with van der Waals surface area (Å²) in [7, 11) is 2.83. The number of anilines is 2. The van der Waals surface area contributed by atoms with Gasteiger partial charge in [0, 0.05) is 18.7 Å². The molecular weight excluding hydrogens is 292 g/mol. The van der Waals surface area contributed by atoms with E-state index in [1.54, 1.807) is 13.2 Å². The molecular formula is C14H14N2O4S. The summed E-state index contributed by atoms with van der Waals surface area (Å²) in [6.45, 7) is 1.38. The van der Waals surface area contributed by atoms with Crippen LogP contribution in [0.3, 0.4) is 0 Å². The first-order valence-electron chi connectivity index (χ1n) is 6.06. The molecule has 21 heavy (non-hydrogen) atoms. The summed E-state index contributed by atoms with van der Waals surface area (Å²) in [5.74, 6) is -0.168. The number of ether oxygens (including phenoxy) is 2. The molecule has 1 heterocycles. The van der Waals surface area contributed by atoms with Crippen LogP contribution in [0.4, 0.5) is 10.8 Å². The van der Waals surface area contributed by atoms with E-state index in [2.05, 4.69) is 15.0 Å². The third kappa shape index (κ3) is 3.38. The zero-order valence-corrected chi connectivity index (χ0v) is 12.6. The number of benzene rings is 1. The fourth-order valence-corrected chi connectivity index (χ4v) is 2.54. The normalized spacial score (nSPS) is 10.0. The van der Waals surface area contributed by atoms with Crippen molar-refractivity contribution in [2.75, 3.05) is 19.5 Å². The van der Waals surface area contributed by atoms with Gasteiger partial charge in [-0.05, 0) is 12.1 Å². The molecule has 0 aliphatic rings. The number of thiazole rings is 1. The zero-order chi connectivity index (χ0) is 15.4. The van der Waals surface area contributed by atoms with Crippen LogP contribution >= 0.6 is 11.3 Å². The van der Waals surface area contributed by atoms with Gasteiger partial charge in [0.1, 0.15) is 10.6 Å². The number of hydrogen-bond acceptors (Lipinski definition) is 7. The van der Waals surface area contributed by atoms with Gasteiger partial charge in [0.05, 0.1) is 14.2 Å². The van der Waals surface area contributed by atoms with Crippen LogP contribution in [0.15, 0.2) is 24.3 Å². The van der Waals surface area contributed by atoms with Crippen molar-refractivity contribution in [3.63, 3.8) is 0 Å². The molecule has 0 unspecified atom stereocenters. The predicted octanol–water partition coefficient (Wildman–Crippen LogP) is 2.88. The summed E-state index contributed by atoms with van der Waals surface area (Å²) in [6.07, 6.45) is 0. The molecule has 1 aromatic heterocycles. The molecule has 2 aromatic rings. The Kier molecular flexibility index (Phi) is 4.54. The fourth-order valence-electron chi connectivity index (χ4n) is 1.67. The van der Waals surface area contributed by atoms with Crippen molar-refractivity contribution >= 4 is 33.9 Å². The summed E-state index contributed by atoms with van der Waals surface area (Å²) >= 11 is 1.11. The topological polar surface area (TPSA) is 77.5 Å². The van der Waals surface area contributed by atoms with E-state index in [4.69, 9.17) is 4.74 Å². The number of methoxy groups -OCH3 is 2. The van der Waals surface area contributed by atoms with Crippen LogP contribution in [0.2, 0.25) is 0 Å². The molecule has 0 saturated carbocycles. The second kappa shape index (κ2) is 6.36. The minimum Gasteiger partial charge on any atom is -0.497 e. The molecule has 6 nitrogen and oxygen atoms in total. The van der Waals surface area contributed by atoms with E-state index >= 15 is 0 Å². The summed E-state index contributed by atoms with van der Waals surface area (Å²) in [4.78, 5) is 27.6. The molecule has 1 N–H and O–H groups in total. The van der Waals surface area contributed by atoms with Crippen molar-refractivity contribution in [2.24, 2.45) is 0 Å². The maximum absolute atomic E-state index is 11.6. The average molecular weight is 306 g/mol. The van der Waals surface area contributed by atoms with E-state index in [9.17, 15) is 9.59 Å². The first kappa shape index (κ1) is 15.0. The van der Waals surface area contributed by atoms with E-state index < -0.39 is 5.97 Å². The van der Waals surface area contributed by atoms with E-state index in [0.717, 1.165) is 17.0 Å². The van der Waals surface area contributed by atoms with E-state index in [1.807, 2.05) is 18.2 Å². The van der Waals surface area contributed by atoms with Crippen LogP contribution in [0.1, 0.15) is 27.1 Å². The molecule has 0 bridgehead atoms. The number of carbonyl (C=O) groups is 2. The van der Waals surface area contributed by atoms with Crippen molar-refractivity contribution < 1.29 is 19.1 Å². The highest BCUT2D eigenvalue weighted by molar-refractivity contribution is 7.17. The lowest BCUT2D eigenvalue weighted by molar-refractivity contribution is 0.0591.